The minimum Gasteiger partial charge on any atom is -0.484 e. The lowest BCUT2D eigenvalue weighted by Crippen LogP contribution is -2.42. The van der Waals surface area contributed by atoms with Gasteiger partial charge >= 0.3 is 0 Å². The van der Waals surface area contributed by atoms with Crippen LogP contribution in [-0.4, -0.2) is 42.0 Å². The van der Waals surface area contributed by atoms with Crippen molar-refractivity contribution in [1.29, 1.82) is 0 Å². The van der Waals surface area contributed by atoms with Crippen LogP contribution in [0.25, 0.3) is 10.9 Å². The highest BCUT2D eigenvalue weighted by Crippen LogP contribution is 2.31. The number of aromatic amines is 1. The van der Waals surface area contributed by atoms with Crippen LogP contribution in [0.2, 0.25) is 5.02 Å². The van der Waals surface area contributed by atoms with Crippen LogP contribution in [0.4, 0.5) is 0 Å². The number of benzene rings is 1. The number of aromatic nitrogens is 2. The summed E-state index contributed by atoms with van der Waals surface area (Å²) >= 11 is 6.33. The highest BCUT2D eigenvalue weighted by molar-refractivity contribution is 6.32. The summed E-state index contributed by atoms with van der Waals surface area (Å²) in [5.74, 6) is 0.966. The first-order chi connectivity index (χ1) is 13.6. The maximum atomic E-state index is 12.1. The number of H-pyrrole nitrogens is 1. The molecule has 0 radical (unpaired) electrons. The van der Waals surface area contributed by atoms with Gasteiger partial charge in [-0.3, -0.25) is 4.79 Å². The Labute approximate surface area is 166 Å². The van der Waals surface area contributed by atoms with Crippen LogP contribution >= 0.6 is 11.6 Å². The molecule has 28 heavy (non-hydrogen) atoms. The second-order valence-electron chi connectivity index (χ2n) is 6.54. The monoisotopic (exact) mass is 405 g/mol. The number of nitrogens with zero attached hydrogens (tertiary/aromatic N) is 1. The van der Waals surface area contributed by atoms with Gasteiger partial charge in [0.15, 0.2) is 11.9 Å². The van der Waals surface area contributed by atoms with Gasteiger partial charge in [0.2, 0.25) is 0 Å². The summed E-state index contributed by atoms with van der Waals surface area (Å²) in [5, 5.41) is 8.09. The maximum Gasteiger partial charge on any atom is 0.251 e. The summed E-state index contributed by atoms with van der Waals surface area (Å²) in [7, 11) is 0. The molecule has 148 valence electrons. The Hall–Kier alpha value is -2.55. The average Bonchev–Trinajstić information content (AvgIpc) is 3.30. The van der Waals surface area contributed by atoms with E-state index in [9.17, 15) is 4.79 Å². The molecule has 0 unspecified atom stereocenters. The highest BCUT2D eigenvalue weighted by Gasteiger charge is 2.22. The van der Waals surface area contributed by atoms with E-state index < -0.39 is 6.10 Å². The Morgan fingerprint density at radius 2 is 2.25 bits per heavy atom. The number of carbonyl (C=O) groups excluding carboxylic acids is 1. The van der Waals surface area contributed by atoms with Crippen molar-refractivity contribution in [1.82, 2.24) is 15.5 Å². The Balaban J connectivity index is 1.41. The first-order valence-corrected chi connectivity index (χ1v) is 9.29. The lowest BCUT2D eigenvalue weighted by molar-refractivity contribution is -0.147. The van der Waals surface area contributed by atoms with E-state index in [2.05, 4.69) is 15.5 Å². The minimum absolute atomic E-state index is 0.192. The Morgan fingerprint density at radius 1 is 1.36 bits per heavy atom. The molecule has 1 atom stereocenters. The molecule has 1 fully saturated rings. The number of carbonyl (C=O) groups is 1. The molecule has 8 nitrogen and oxygen atoms in total. The second kappa shape index (κ2) is 8.22. The van der Waals surface area contributed by atoms with Crippen LogP contribution in [0, 0.1) is 6.92 Å². The third-order valence-corrected chi connectivity index (χ3v) is 4.63. The largest absolute Gasteiger partial charge is 0.484 e. The van der Waals surface area contributed by atoms with E-state index in [0.29, 0.717) is 36.3 Å². The molecule has 3 heterocycles. The van der Waals surface area contributed by atoms with Crippen molar-refractivity contribution in [2.45, 2.75) is 26.2 Å². The molecule has 9 heteroatoms. The zero-order valence-corrected chi connectivity index (χ0v) is 16.0. The van der Waals surface area contributed by atoms with Gasteiger partial charge in [-0.1, -0.05) is 16.8 Å². The predicted octanol–water partition coefficient (Wildman–Crippen LogP) is 2.73. The quantitative estimate of drug-likeness (QED) is 0.654. The van der Waals surface area contributed by atoms with E-state index in [-0.39, 0.29) is 19.1 Å². The predicted molar refractivity (Wildman–Crippen MR) is 101 cm³/mol. The number of nitrogens with one attached hydrogen (secondary N) is 2. The highest BCUT2D eigenvalue weighted by atomic mass is 35.5. The van der Waals surface area contributed by atoms with Crippen LogP contribution in [0.15, 0.2) is 28.8 Å². The van der Waals surface area contributed by atoms with Crippen LogP contribution in [0.5, 0.6) is 5.75 Å². The number of ether oxygens (including phenoxy) is 3. The number of amides is 1. The lowest BCUT2D eigenvalue weighted by Gasteiger charge is -2.21. The van der Waals surface area contributed by atoms with Crippen molar-refractivity contribution >= 4 is 28.4 Å². The van der Waals surface area contributed by atoms with Gasteiger partial charge in [-0.05, 0) is 19.1 Å². The van der Waals surface area contributed by atoms with Crippen LogP contribution in [0.1, 0.15) is 17.1 Å². The molecule has 0 bridgehead atoms. The molecule has 1 aromatic carbocycles. The minimum atomic E-state index is -0.563. The standard InChI is InChI=1S/C19H20ClN3O5/c1-11-4-14(28-23-11)9-27-17-7-16-12(6-15(17)20)5-13(22-16)8-21-19(24)18-10-25-2-3-26-18/h4-7,18,22H,2-3,8-10H2,1H3,(H,21,24)/t18-/m1/s1. The van der Waals surface area contributed by atoms with Gasteiger partial charge in [-0.2, -0.15) is 0 Å². The Bertz CT molecular complexity index is 977. The van der Waals surface area contributed by atoms with Gasteiger partial charge in [-0.15, -0.1) is 0 Å². The molecule has 0 aliphatic carbocycles. The molecule has 3 aromatic rings. The van der Waals surface area contributed by atoms with E-state index >= 15 is 0 Å². The second-order valence-corrected chi connectivity index (χ2v) is 6.95. The number of fused-ring (bicyclic) bond motifs is 1. The van der Waals surface area contributed by atoms with E-state index in [1.54, 1.807) is 0 Å². The number of rotatable bonds is 6. The molecular weight excluding hydrogens is 386 g/mol. The third kappa shape index (κ3) is 4.30. The molecule has 2 aromatic heterocycles. The fourth-order valence-corrected chi connectivity index (χ4v) is 3.19. The SMILES string of the molecule is Cc1cc(COc2cc3[nH]c(CNC(=O)[C@H]4COCCO4)cc3cc2Cl)on1. The maximum absolute atomic E-state index is 12.1. The molecule has 0 spiro atoms. The first-order valence-electron chi connectivity index (χ1n) is 8.91. The zero-order valence-electron chi connectivity index (χ0n) is 15.3. The molecule has 1 aliphatic heterocycles. The normalized spacial score (nSPS) is 17.0. The summed E-state index contributed by atoms with van der Waals surface area (Å²) in [4.78, 5) is 15.4. The Morgan fingerprint density at radius 3 is 3.00 bits per heavy atom. The fraction of sp³-hybridized carbons (Fsp3) is 0.368. The van der Waals surface area contributed by atoms with Crippen molar-refractivity contribution in [3.63, 3.8) is 0 Å². The van der Waals surface area contributed by atoms with Crippen LogP contribution in [-0.2, 0) is 27.4 Å². The molecule has 2 N–H and O–H groups in total. The molecule has 1 saturated heterocycles. The van der Waals surface area contributed by atoms with Crippen molar-refractivity contribution in [3.8, 4) is 5.75 Å². The van der Waals surface area contributed by atoms with Crippen molar-refractivity contribution < 1.29 is 23.5 Å². The van der Waals surface area contributed by atoms with E-state index in [0.717, 1.165) is 22.3 Å². The number of hydrogen-bond acceptors (Lipinski definition) is 6. The molecule has 1 amide bonds. The topological polar surface area (TPSA) is 98.6 Å². The van der Waals surface area contributed by atoms with Gasteiger partial charge in [0.05, 0.1) is 37.1 Å². The summed E-state index contributed by atoms with van der Waals surface area (Å²) in [5.41, 5.74) is 2.50. The average molecular weight is 406 g/mol. The number of aryl methyl sites for hydroxylation is 1. The lowest BCUT2D eigenvalue weighted by atomic mass is 10.2. The molecule has 4 rings (SSSR count). The fourth-order valence-electron chi connectivity index (χ4n) is 2.97. The number of hydrogen-bond donors (Lipinski definition) is 2. The van der Waals surface area contributed by atoms with Crippen molar-refractivity contribution in [2.24, 2.45) is 0 Å². The smallest absolute Gasteiger partial charge is 0.251 e. The molecular formula is C19H20ClN3O5. The van der Waals surface area contributed by atoms with Crippen LogP contribution < -0.4 is 10.1 Å². The number of halogens is 1. The molecule has 1 aliphatic rings. The molecule has 0 saturated carbocycles. The van der Waals surface area contributed by atoms with E-state index in [4.69, 9.17) is 30.3 Å². The third-order valence-electron chi connectivity index (χ3n) is 4.34. The Kier molecular flexibility index (Phi) is 5.52. The van der Waals surface area contributed by atoms with Gasteiger partial charge in [0.1, 0.15) is 12.4 Å². The summed E-state index contributed by atoms with van der Waals surface area (Å²) in [6.07, 6.45) is -0.563. The summed E-state index contributed by atoms with van der Waals surface area (Å²) in [6, 6.07) is 7.38. The van der Waals surface area contributed by atoms with Gasteiger partial charge in [0.25, 0.3) is 5.91 Å². The van der Waals surface area contributed by atoms with Crippen LogP contribution in [0.3, 0.4) is 0 Å². The van der Waals surface area contributed by atoms with E-state index in [1.807, 2.05) is 31.2 Å². The summed E-state index contributed by atoms with van der Waals surface area (Å²) < 4.78 is 21.5. The van der Waals surface area contributed by atoms with Crippen molar-refractivity contribution in [2.75, 3.05) is 19.8 Å². The van der Waals surface area contributed by atoms with Gasteiger partial charge in [-0.25, -0.2) is 0 Å². The zero-order chi connectivity index (χ0) is 19.5. The van der Waals surface area contributed by atoms with Gasteiger partial charge < -0.3 is 29.0 Å². The van der Waals surface area contributed by atoms with Crippen molar-refractivity contribution in [3.05, 3.63) is 46.4 Å². The van der Waals surface area contributed by atoms with E-state index in [1.165, 1.54) is 0 Å². The summed E-state index contributed by atoms with van der Waals surface area (Å²) in [6.45, 7) is 3.66. The van der Waals surface area contributed by atoms with Gasteiger partial charge in [0, 0.05) is 28.7 Å². The first kappa shape index (κ1) is 18.8.